The van der Waals surface area contributed by atoms with Crippen LogP contribution in [0.1, 0.15) is 23.0 Å². The Morgan fingerprint density at radius 1 is 1.58 bits per heavy atom. The highest BCUT2D eigenvalue weighted by molar-refractivity contribution is 5.83. The number of ether oxygens (including phenoxy) is 1. The molecule has 0 fully saturated rings. The minimum absolute atomic E-state index is 0.576. The minimum atomic E-state index is -2.88. The van der Waals surface area contributed by atoms with E-state index >= 15 is 0 Å². The number of hydrogen-bond acceptors (Lipinski definition) is 5. The molecule has 1 heterocycles. The fourth-order valence-electron chi connectivity index (χ4n) is 0.493. The van der Waals surface area contributed by atoms with E-state index in [-0.39, 0.29) is 0 Å². The zero-order valence-electron chi connectivity index (χ0n) is 5.95. The molecule has 0 radical (unpaired) electrons. The van der Waals surface area contributed by atoms with Gasteiger partial charge in [-0.15, -0.1) is 10.2 Å². The maximum atomic E-state index is 11.8. The van der Waals surface area contributed by atoms with Gasteiger partial charge in [0.15, 0.2) is 0 Å². The van der Waals surface area contributed by atoms with E-state index in [0.29, 0.717) is 0 Å². The summed E-state index contributed by atoms with van der Waals surface area (Å²) in [5.41, 5.74) is 0. The van der Waals surface area contributed by atoms with E-state index in [1.807, 2.05) is 0 Å². The first-order chi connectivity index (χ1) is 5.65. The van der Waals surface area contributed by atoms with Gasteiger partial charge in [-0.2, -0.15) is 8.78 Å². The van der Waals surface area contributed by atoms with Gasteiger partial charge < -0.3 is 9.15 Å². The summed E-state index contributed by atoms with van der Waals surface area (Å²) < 4.78 is 32.0. The second-order valence-corrected chi connectivity index (χ2v) is 1.74. The monoisotopic (exact) mass is 178 g/mol. The molecular weight excluding hydrogens is 174 g/mol. The predicted molar refractivity (Wildman–Crippen MR) is 30.6 cm³/mol. The van der Waals surface area contributed by atoms with Crippen LogP contribution in [0.25, 0.3) is 0 Å². The van der Waals surface area contributed by atoms with Crippen LogP contribution in [0.2, 0.25) is 0 Å². The number of halogens is 2. The number of carbonyl (C=O) groups excluding carboxylic acids is 1. The first-order valence-corrected chi connectivity index (χ1v) is 2.85. The smallest absolute Gasteiger partial charge is 0.396 e. The summed E-state index contributed by atoms with van der Waals surface area (Å²) in [6.45, 7) is 0. The van der Waals surface area contributed by atoms with E-state index in [2.05, 4.69) is 19.4 Å². The van der Waals surface area contributed by atoms with Crippen molar-refractivity contribution in [2.45, 2.75) is 6.43 Å². The molecule has 7 heteroatoms. The van der Waals surface area contributed by atoms with Crippen LogP contribution in [0, 0.1) is 0 Å². The standard InChI is InChI=1S/C5H4F2N2O3/c1-11-5(10)4-9-8-3(12-4)2(6)7/h2H,1H3. The highest BCUT2D eigenvalue weighted by atomic mass is 19.3. The quantitative estimate of drug-likeness (QED) is 0.626. The Morgan fingerprint density at radius 2 is 2.25 bits per heavy atom. The fourth-order valence-corrected chi connectivity index (χ4v) is 0.493. The van der Waals surface area contributed by atoms with Crippen molar-refractivity contribution in [2.75, 3.05) is 7.11 Å². The van der Waals surface area contributed by atoms with Crippen molar-refractivity contribution in [2.24, 2.45) is 0 Å². The molecule has 0 amide bonds. The van der Waals surface area contributed by atoms with Gasteiger partial charge in [-0.05, 0) is 0 Å². The largest absolute Gasteiger partial charge is 0.462 e. The van der Waals surface area contributed by atoms with E-state index in [0.717, 1.165) is 7.11 Å². The van der Waals surface area contributed by atoms with Gasteiger partial charge in [0.1, 0.15) is 0 Å². The lowest BCUT2D eigenvalue weighted by atomic mass is 10.7. The molecule has 1 aromatic heterocycles. The van der Waals surface area contributed by atoms with Gasteiger partial charge in [0.05, 0.1) is 7.11 Å². The third kappa shape index (κ3) is 1.55. The van der Waals surface area contributed by atoms with Gasteiger partial charge in [-0.3, -0.25) is 0 Å². The van der Waals surface area contributed by atoms with E-state index in [1.165, 1.54) is 0 Å². The molecule has 0 aliphatic rings. The normalized spacial score (nSPS) is 10.3. The highest BCUT2D eigenvalue weighted by Gasteiger charge is 2.20. The van der Waals surface area contributed by atoms with Crippen molar-refractivity contribution >= 4 is 5.97 Å². The number of carbonyl (C=O) groups is 1. The Morgan fingerprint density at radius 3 is 2.67 bits per heavy atom. The molecule has 0 aromatic carbocycles. The van der Waals surface area contributed by atoms with E-state index in [9.17, 15) is 13.6 Å². The summed E-state index contributed by atoms with van der Waals surface area (Å²) in [5.74, 6) is -2.41. The summed E-state index contributed by atoms with van der Waals surface area (Å²) in [4.78, 5) is 10.6. The van der Waals surface area contributed by atoms with Crippen molar-refractivity contribution < 1.29 is 22.7 Å². The Labute approximate surface area is 65.3 Å². The summed E-state index contributed by atoms with van der Waals surface area (Å²) >= 11 is 0. The molecule has 12 heavy (non-hydrogen) atoms. The average Bonchev–Trinajstić information content (AvgIpc) is 2.51. The fraction of sp³-hybridized carbons (Fsp3) is 0.400. The molecule has 5 nitrogen and oxygen atoms in total. The second-order valence-electron chi connectivity index (χ2n) is 1.74. The molecule has 0 N–H and O–H groups in total. The molecule has 0 atom stereocenters. The van der Waals surface area contributed by atoms with Crippen LogP contribution < -0.4 is 0 Å². The molecule has 0 aliphatic heterocycles. The van der Waals surface area contributed by atoms with Crippen LogP contribution in [0.3, 0.4) is 0 Å². The molecule has 0 aliphatic carbocycles. The van der Waals surface area contributed by atoms with Gasteiger partial charge in [0.2, 0.25) is 0 Å². The maximum Gasteiger partial charge on any atom is 0.396 e. The third-order valence-corrected chi connectivity index (χ3v) is 0.987. The van der Waals surface area contributed by atoms with Crippen LogP contribution in [0.15, 0.2) is 4.42 Å². The first-order valence-electron chi connectivity index (χ1n) is 2.85. The average molecular weight is 178 g/mol. The van der Waals surface area contributed by atoms with Crippen LogP contribution >= 0.6 is 0 Å². The lowest BCUT2D eigenvalue weighted by molar-refractivity contribution is 0.0540. The van der Waals surface area contributed by atoms with Crippen molar-refractivity contribution in [3.8, 4) is 0 Å². The molecule has 0 bridgehead atoms. The lowest BCUT2D eigenvalue weighted by Crippen LogP contribution is -2.00. The molecule has 0 unspecified atom stereocenters. The first kappa shape index (κ1) is 8.57. The van der Waals surface area contributed by atoms with Gasteiger partial charge in [0.25, 0.3) is 5.89 Å². The minimum Gasteiger partial charge on any atom is -0.462 e. The number of rotatable bonds is 2. The van der Waals surface area contributed by atoms with Gasteiger partial charge >= 0.3 is 18.3 Å². The topological polar surface area (TPSA) is 65.2 Å². The van der Waals surface area contributed by atoms with Crippen LogP contribution in [0.4, 0.5) is 8.78 Å². The zero-order valence-corrected chi connectivity index (χ0v) is 5.95. The van der Waals surface area contributed by atoms with Gasteiger partial charge in [0, 0.05) is 0 Å². The number of hydrogen-bond donors (Lipinski definition) is 0. The number of esters is 1. The Balaban J connectivity index is 2.84. The van der Waals surface area contributed by atoms with E-state index < -0.39 is 24.2 Å². The number of methoxy groups -OCH3 is 1. The van der Waals surface area contributed by atoms with Crippen molar-refractivity contribution in [3.05, 3.63) is 11.8 Å². The summed E-state index contributed by atoms with van der Waals surface area (Å²) in [6.07, 6.45) is -2.88. The molecule has 0 spiro atoms. The Bertz CT molecular complexity index is 286. The molecule has 1 aromatic rings. The number of aromatic nitrogens is 2. The maximum absolute atomic E-state index is 11.8. The molecular formula is C5H4F2N2O3. The zero-order chi connectivity index (χ0) is 9.14. The van der Waals surface area contributed by atoms with Crippen molar-refractivity contribution in [3.63, 3.8) is 0 Å². The third-order valence-electron chi connectivity index (χ3n) is 0.987. The number of alkyl halides is 2. The van der Waals surface area contributed by atoms with Crippen molar-refractivity contribution in [1.82, 2.24) is 10.2 Å². The molecule has 1 rings (SSSR count). The Kier molecular flexibility index (Phi) is 2.32. The van der Waals surface area contributed by atoms with Gasteiger partial charge in [-0.25, -0.2) is 4.79 Å². The highest BCUT2D eigenvalue weighted by Crippen LogP contribution is 2.16. The van der Waals surface area contributed by atoms with E-state index in [4.69, 9.17) is 0 Å². The summed E-state index contributed by atoms with van der Waals surface area (Å²) in [5, 5.41) is 5.95. The number of nitrogens with zero attached hydrogens (tertiary/aromatic N) is 2. The van der Waals surface area contributed by atoms with Crippen LogP contribution in [-0.4, -0.2) is 23.3 Å². The second kappa shape index (κ2) is 3.24. The molecule has 66 valence electrons. The predicted octanol–water partition coefficient (Wildman–Crippen LogP) is 0.794. The van der Waals surface area contributed by atoms with Crippen molar-refractivity contribution in [1.29, 1.82) is 0 Å². The summed E-state index contributed by atoms with van der Waals surface area (Å²) in [6, 6.07) is 0. The molecule has 0 saturated carbocycles. The molecule has 0 saturated heterocycles. The van der Waals surface area contributed by atoms with Crippen LogP contribution in [-0.2, 0) is 4.74 Å². The summed E-state index contributed by atoms with van der Waals surface area (Å²) in [7, 11) is 1.08. The SMILES string of the molecule is COC(=O)c1nnc(C(F)F)o1. The van der Waals surface area contributed by atoms with Gasteiger partial charge in [-0.1, -0.05) is 0 Å². The Hall–Kier alpha value is -1.53. The lowest BCUT2D eigenvalue weighted by Gasteiger charge is -1.89. The van der Waals surface area contributed by atoms with Crippen LogP contribution in [0.5, 0.6) is 0 Å². The van der Waals surface area contributed by atoms with E-state index in [1.54, 1.807) is 0 Å².